The molecule has 0 aromatic carbocycles. The molecule has 0 aliphatic carbocycles. The molecule has 0 saturated carbocycles. The van der Waals surface area contributed by atoms with Gasteiger partial charge in [-0.05, 0) is 25.7 Å². The largest absolute Gasteiger partial charge is 0.382 e. The molecule has 0 aromatic rings. The Bertz CT molecular complexity index is 255. The molecule has 0 rings (SSSR count). The van der Waals surface area contributed by atoms with Gasteiger partial charge in [0.1, 0.15) is 0 Å². The Morgan fingerprint density at radius 1 is 1.35 bits per heavy atom. The van der Waals surface area contributed by atoms with Crippen LogP contribution in [0.4, 0.5) is 4.79 Å². The predicted octanol–water partition coefficient (Wildman–Crippen LogP) is 2.66. The molecular weight excluding hydrogens is 216 g/mol. The molecule has 0 aliphatic heterocycles. The minimum atomic E-state index is -0.162. The lowest BCUT2D eigenvalue weighted by Gasteiger charge is -2.19. The lowest BCUT2D eigenvalue weighted by molar-refractivity contribution is 0.145. The van der Waals surface area contributed by atoms with Crippen LogP contribution in [0.25, 0.3) is 0 Å². The number of nitrogens with one attached hydrogen (secondary N) is 2. The summed E-state index contributed by atoms with van der Waals surface area (Å²) < 4.78 is 5.17. The van der Waals surface area contributed by atoms with Crippen LogP contribution in [0.1, 0.15) is 41.0 Å². The predicted molar refractivity (Wildman–Crippen MR) is 70.9 cm³/mol. The van der Waals surface area contributed by atoms with Crippen molar-refractivity contribution < 1.29 is 9.53 Å². The molecule has 0 heterocycles. The molecule has 0 unspecified atom stereocenters. The van der Waals surface area contributed by atoms with Crippen molar-refractivity contribution in [2.75, 3.05) is 19.8 Å². The third-order valence-electron chi connectivity index (χ3n) is 2.56. The minimum absolute atomic E-state index is 0.0856. The van der Waals surface area contributed by atoms with Crippen LogP contribution in [0.3, 0.4) is 0 Å². The van der Waals surface area contributed by atoms with Crippen LogP contribution in [0.15, 0.2) is 11.8 Å². The Morgan fingerprint density at radius 3 is 2.53 bits per heavy atom. The fourth-order valence-corrected chi connectivity index (χ4v) is 0.962. The van der Waals surface area contributed by atoms with E-state index in [2.05, 4.69) is 31.4 Å². The molecule has 0 fully saturated rings. The van der Waals surface area contributed by atoms with Crippen LogP contribution in [-0.4, -0.2) is 25.8 Å². The summed E-state index contributed by atoms with van der Waals surface area (Å²) in [5.41, 5.74) is 1.23. The maximum atomic E-state index is 11.4. The first-order valence-corrected chi connectivity index (χ1v) is 6.17. The Kier molecular flexibility index (Phi) is 7.63. The van der Waals surface area contributed by atoms with Gasteiger partial charge in [-0.15, -0.1) is 0 Å². The summed E-state index contributed by atoms with van der Waals surface area (Å²) in [6.45, 7) is 12.3. The Balaban J connectivity index is 3.73. The van der Waals surface area contributed by atoms with E-state index in [1.807, 2.05) is 13.8 Å². The van der Waals surface area contributed by atoms with Crippen molar-refractivity contribution in [3.8, 4) is 0 Å². The van der Waals surface area contributed by atoms with Gasteiger partial charge in [-0.3, -0.25) is 0 Å². The Labute approximate surface area is 105 Å². The topological polar surface area (TPSA) is 50.4 Å². The molecule has 0 aromatic heterocycles. The molecule has 0 atom stereocenters. The van der Waals surface area contributed by atoms with Crippen LogP contribution in [0.5, 0.6) is 0 Å². The number of rotatable bonds is 6. The van der Waals surface area contributed by atoms with Gasteiger partial charge in [-0.2, -0.15) is 0 Å². The molecule has 17 heavy (non-hydrogen) atoms. The number of urea groups is 1. The highest BCUT2D eigenvalue weighted by molar-refractivity contribution is 5.74. The maximum absolute atomic E-state index is 11.4. The molecule has 0 radical (unpaired) electrons. The van der Waals surface area contributed by atoms with E-state index in [1.165, 1.54) is 0 Å². The lowest BCUT2D eigenvalue weighted by atomic mass is 9.88. The van der Waals surface area contributed by atoms with Crippen molar-refractivity contribution >= 4 is 6.03 Å². The second kappa shape index (κ2) is 8.12. The highest BCUT2D eigenvalue weighted by Gasteiger charge is 2.12. The zero-order valence-electron chi connectivity index (χ0n) is 11.7. The minimum Gasteiger partial charge on any atom is -0.382 e. The number of hydrogen-bond acceptors (Lipinski definition) is 2. The molecule has 2 amide bonds. The summed E-state index contributed by atoms with van der Waals surface area (Å²) in [4.78, 5) is 11.4. The van der Waals surface area contributed by atoms with E-state index in [9.17, 15) is 4.79 Å². The number of carbonyl (C=O) groups is 1. The van der Waals surface area contributed by atoms with E-state index in [4.69, 9.17) is 4.74 Å². The summed E-state index contributed by atoms with van der Waals surface area (Å²) in [7, 11) is 0. The van der Waals surface area contributed by atoms with Gasteiger partial charge in [-0.25, -0.2) is 4.79 Å². The molecule has 4 heteroatoms. The molecule has 0 saturated heterocycles. The average molecular weight is 242 g/mol. The summed E-state index contributed by atoms with van der Waals surface area (Å²) in [5.74, 6) is 0. The number of allylic oxidation sites excluding steroid dienone is 1. The van der Waals surface area contributed by atoms with Crippen molar-refractivity contribution in [3.05, 3.63) is 11.8 Å². The van der Waals surface area contributed by atoms with Crippen LogP contribution in [0.2, 0.25) is 0 Å². The van der Waals surface area contributed by atoms with Crippen LogP contribution in [-0.2, 0) is 4.74 Å². The molecule has 0 spiro atoms. The second-order valence-corrected chi connectivity index (χ2v) is 5.03. The van der Waals surface area contributed by atoms with Crippen LogP contribution >= 0.6 is 0 Å². The molecule has 2 N–H and O–H groups in total. The molecular formula is C13H26N2O2. The standard InChI is InChI=1S/C13H26N2O2/c1-6-17-9-7-8-14-12(16)15-10-11(2)13(3,4)5/h10H,6-9H2,1-5H3,(H2,14,15,16)/b11-10+. The van der Waals surface area contributed by atoms with Gasteiger partial charge >= 0.3 is 6.03 Å². The first-order chi connectivity index (χ1) is 7.88. The monoisotopic (exact) mass is 242 g/mol. The van der Waals surface area contributed by atoms with E-state index in [0.717, 1.165) is 18.6 Å². The van der Waals surface area contributed by atoms with Gasteiger partial charge in [0.25, 0.3) is 0 Å². The van der Waals surface area contributed by atoms with Gasteiger partial charge in [0.05, 0.1) is 0 Å². The van der Waals surface area contributed by atoms with E-state index >= 15 is 0 Å². The number of ether oxygens (including phenoxy) is 1. The fourth-order valence-electron chi connectivity index (χ4n) is 0.962. The highest BCUT2D eigenvalue weighted by atomic mass is 16.5. The maximum Gasteiger partial charge on any atom is 0.318 e. The van der Waals surface area contributed by atoms with E-state index in [1.54, 1.807) is 6.20 Å². The SMILES string of the molecule is CCOCCCNC(=O)N/C=C(\C)C(C)(C)C. The third-order valence-corrected chi connectivity index (χ3v) is 2.56. The first-order valence-electron chi connectivity index (χ1n) is 6.17. The zero-order valence-corrected chi connectivity index (χ0v) is 11.7. The van der Waals surface area contributed by atoms with Crippen LogP contribution < -0.4 is 10.6 Å². The lowest BCUT2D eigenvalue weighted by Crippen LogP contribution is -2.33. The summed E-state index contributed by atoms with van der Waals surface area (Å²) in [6, 6.07) is -0.162. The van der Waals surface area contributed by atoms with Crippen molar-refractivity contribution in [2.45, 2.75) is 41.0 Å². The Morgan fingerprint density at radius 2 is 2.00 bits per heavy atom. The molecule has 0 bridgehead atoms. The Hall–Kier alpha value is -1.03. The third kappa shape index (κ3) is 8.74. The summed E-state index contributed by atoms with van der Waals surface area (Å²) >= 11 is 0. The zero-order chi connectivity index (χ0) is 13.3. The molecule has 0 aliphatic rings. The van der Waals surface area contributed by atoms with Crippen molar-refractivity contribution in [1.29, 1.82) is 0 Å². The number of carbonyl (C=O) groups excluding carboxylic acids is 1. The quantitative estimate of drug-likeness (QED) is 0.704. The molecule has 100 valence electrons. The van der Waals surface area contributed by atoms with Gasteiger partial charge in [0, 0.05) is 26.0 Å². The van der Waals surface area contributed by atoms with E-state index < -0.39 is 0 Å². The second-order valence-electron chi connectivity index (χ2n) is 5.03. The summed E-state index contributed by atoms with van der Waals surface area (Å²) in [5, 5.41) is 5.50. The average Bonchev–Trinajstić information content (AvgIpc) is 2.24. The van der Waals surface area contributed by atoms with Crippen molar-refractivity contribution in [1.82, 2.24) is 10.6 Å². The number of hydrogen-bond donors (Lipinski definition) is 2. The van der Waals surface area contributed by atoms with Gasteiger partial charge in [0.15, 0.2) is 0 Å². The fraction of sp³-hybridized carbons (Fsp3) is 0.769. The van der Waals surface area contributed by atoms with E-state index in [-0.39, 0.29) is 11.4 Å². The van der Waals surface area contributed by atoms with E-state index in [0.29, 0.717) is 13.2 Å². The van der Waals surface area contributed by atoms with Crippen molar-refractivity contribution in [2.24, 2.45) is 5.41 Å². The highest BCUT2D eigenvalue weighted by Crippen LogP contribution is 2.23. The van der Waals surface area contributed by atoms with Crippen LogP contribution in [0, 0.1) is 5.41 Å². The normalized spacial score (nSPS) is 12.4. The smallest absolute Gasteiger partial charge is 0.318 e. The van der Waals surface area contributed by atoms with Gasteiger partial charge in [-0.1, -0.05) is 26.3 Å². The van der Waals surface area contributed by atoms with Gasteiger partial charge in [0.2, 0.25) is 0 Å². The van der Waals surface area contributed by atoms with Crippen molar-refractivity contribution in [3.63, 3.8) is 0 Å². The number of amides is 2. The first kappa shape index (κ1) is 16.0. The van der Waals surface area contributed by atoms with Gasteiger partial charge < -0.3 is 15.4 Å². The summed E-state index contributed by atoms with van der Waals surface area (Å²) in [6.07, 6.45) is 2.60. The molecule has 4 nitrogen and oxygen atoms in total.